The van der Waals surface area contributed by atoms with Gasteiger partial charge in [-0.2, -0.15) is 4.31 Å². The standard InChI is InChI=1S/C26H20N2O4S/c29-25-22-13-7-12-20-14-21(15-23(24(20)22)26(30)27-25)33(31,32)28(16-18-8-3-1-4-9-18)17-19-10-5-2-6-11-19/h1-15H,16-17H2,(H,27,29,30). The molecule has 1 heterocycles. The summed E-state index contributed by atoms with van der Waals surface area (Å²) in [6.07, 6.45) is 0. The van der Waals surface area contributed by atoms with Crippen LogP contribution in [0.2, 0.25) is 0 Å². The van der Waals surface area contributed by atoms with Gasteiger partial charge in [-0.3, -0.25) is 14.9 Å². The SMILES string of the molecule is O=C1NC(=O)c2cc(S(=O)(=O)N(Cc3ccccc3)Cc3ccccc3)cc3cccc1c23. The van der Waals surface area contributed by atoms with Gasteiger partial charge in [-0.25, -0.2) is 8.42 Å². The van der Waals surface area contributed by atoms with E-state index in [2.05, 4.69) is 5.32 Å². The number of nitrogens with zero attached hydrogens (tertiary/aromatic N) is 1. The molecule has 5 rings (SSSR count). The minimum Gasteiger partial charge on any atom is -0.288 e. The summed E-state index contributed by atoms with van der Waals surface area (Å²) >= 11 is 0. The van der Waals surface area contributed by atoms with E-state index in [1.54, 1.807) is 18.2 Å². The minimum atomic E-state index is -3.98. The van der Waals surface area contributed by atoms with Gasteiger partial charge in [-0.05, 0) is 34.7 Å². The van der Waals surface area contributed by atoms with Gasteiger partial charge in [0.25, 0.3) is 11.8 Å². The van der Waals surface area contributed by atoms with Crippen LogP contribution in [0.1, 0.15) is 31.8 Å². The molecule has 2 amide bonds. The highest BCUT2D eigenvalue weighted by molar-refractivity contribution is 7.89. The van der Waals surface area contributed by atoms with Gasteiger partial charge in [-0.15, -0.1) is 0 Å². The van der Waals surface area contributed by atoms with E-state index in [0.29, 0.717) is 16.3 Å². The first-order chi connectivity index (χ1) is 15.9. The Balaban J connectivity index is 1.64. The highest BCUT2D eigenvalue weighted by Gasteiger charge is 2.30. The molecule has 33 heavy (non-hydrogen) atoms. The summed E-state index contributed by atoms with van der Waals surface area (Å²) in [5, 5.41) is 3.31. The molecule has 0 atom stereocenters. The van der Waals surface area contributed by atoms with Crippen LogP contribution in [-0.2, 0) is 23.1 Å². The predicted molar refractivity (Wildman–Crippen MR) is 125 cm³/mol. The molecule has 1 aliphatic heterocycles. The normalized spacial score (nSPS) is 13.4. The zero-order chi connectivity index (χ0) is 23.0. The molecule has 0 spiro atoms. The molecule has 4 aromatic rings. The Morgan fingerprint density at radius 3 is 1.85 bits per heavy atom. The summed E-state index contributed by atoms with van der Waals surface area (Å²) in [5.41, 5.74) is 2.24. The quantitative estimate of drug-likeness (QED) is 0.443. The number of amides is 2. The second-order valence-corrected chi connectivity index (χ2v) is 9.84. The van der Waals surface area contributed by atoms with Crippen LogP contribution in [0.3, 0.4) is 0 Å². The van der Waals surface area contributed by atoms with Crippen molar-refractivity contribution in [1.82, 2.24) is 9.62 Å². The predicted octanol–water partition coefficient (Wildman–Crippen LogP) is 4.11. The Morgan fingerprint density at radius 2 is 1.24 bits per heavy atom. The van der Waals surface area contributed by atoms with Crippen molar-refractivity contribution in [2.45, 2.75) is 18.0 Å². The molecule has 0 fully saturated rings. The highest BCUT2D eigenvalue weighted by Crippen LogP contribution is 2.31. The molecular formula is C26H20N2O4S. The molecule has 1 N–H and O–H groups in total. The lowest BCUT2D eigenvalue weighted by molar-refractivity contribution is 0.0845. The van der Waals surface area contributed by atoms with Crippen molar-refractivity contribution in [1.29, 1.82) is 0 Å². The molecule has 0 saturated heterocycles. The second kappa shape index (κ2) is 8.27. The van der Waals surface area contributed by atoms with Gasteiger partial charge in [0.2, 0.25) is 10.0 Å². The summed E-state index contributed by atoms with van der Waals surface area (Å²) in [4.78, 5) is 24.8. The van der Waals surface area contributed by atoms with Gasteiger partial charge in [0.1, 0.15) is 0 Å². The van der Waals surface area contributed by atoms with E-state index in [4.69, 9.17) is 0 Å². The Kier molecular flexibility index (Phi) is 5.28. The maximum absolute atomic E-state index is 13.9. The third-order valence-electron chi connectivity index (χ3n) is 5.71. The number of nitrogens with one attached hydrogen (secondary N) is 1. The van der Waals surface area contributed by atoms with E-state index in [1.807, 2.05) is 60.7 Å². The molecule has 6 nitrogen and oxygen atoms in total. The van der Waals surface area contributed by atoms with E-state index in [9.17, 15) is 18.0 Å². The molecule has 0 aromatic heterocycles. The molecule has 0 aliphatic carbocycles. The third kappa shape index (κ3) is 3.92. The highest BCUT2D eigenvalue weighted by atomic mass is 32.2. The van der Waals surface area contributed by atoms with Crippen molar-refractivity contribution in [3.05, 3.63) is 113 Å². The van der Waals surface area contributed by atoms with Crippen molar-refractivity contribution in [3.8, 4) is 0 Å². The van der Waals surface area contributed by atoms with E-state index in [0.717, 1.165) is 11.1 Å². The number of benzene rings is 4. The lowest BCUT2D eigenvalue weighted by Crippen LogP contribution is -2.35. The van der Waals surface area contributed by atoms with Crippen LogP contribution in [0.25, 0.3) is 10.8 Å². The number of imide groups is 1. The smallest absolute Gasteiger partial charge is 0.258 e. The minimum absolute atomic E-state index is 0.0125. The van der Waals surface area contributed by atoms with E-state index >= 15 is 0 Å². The fourth-order valence-electron chi connectivity index (χ4n) is 4.10. The molecule has 0 saturated carbocycles. The zero-order valence-corrected chi connectivity index (χ0v) is 18.4. The summed E-state index contributed by atoms with van der Waals surface area (Å²) < 4.78 is 29.1. The second-order valence-electron chi connectivity index (χ2n) is 7.90. The van der Waals surface area contributed by atoms with Gasteiger partial charge in [0, 0.05) is 29.6 Å². The van der Waals surface area contributed by atoms with E-state index in [-0.39, 0.29) is 23.5 Å². The molecule has 7 heteroatoms. The molecule has 1 aliphatic rings. The summed E-state index contributed by atoms with van der Waals surface area (Å²) in [5.74, 6) is -1.08. The van der Waals surface area contributed by atoms with Crippen molar-refractivity contribution in [3.63, 3.8) is 0 Å². The maximum Gasteiger partial charge on any atom is 0.258 e. The molecular weight excluding hydrogens is 436 g/mol. The number of carbonyl (C=O) groups excluding carboxylic acids is 2. The fourth-order valence-corrected chi connectivity index (χ4v) is 5.58. The lowest BCUT2D eigenvalue weighted by atomic mass is 9.95. The van der Waals surface area contributed by atoms with E-state index < -0.39 is 21.8 Å². The topological polar surface area (TPSA) is 83.5 Å². The summed E-state index contributed by atoms with van der Waals surface area (Å²) in [6.45, 7) is 0.353. The maximum atomic E-state index is 13.9. The number of sulfonamides is 1. The van der Waals surface area contributed by atoms with Gasteiger partial charge in [0.15, 0.2) is 0 Å². The zero-order valence-electron chi connectivity index (χ0n) is 17.6. The fraction of sp³-hybridized carbons (Fsp3) is 0.0769. The molecule has 4 aromatic carbocycles. The van der Waals surface area contributed by atoms with Gasteiger partial charge in [-0.1, -0.05) is 72.8 Å². The average molecular weight is 457 g/mol. The first-order valence-corrected chi connectivity index (χ1v) is 11.9. The van der Waals surface area contributed by atoms with Gasteiger partial charge >= 0.3 is 0 Å². The van der Waals surface area contributed by atoms with Gasteiger partial charge in [0.05, 0.1) is 4.90 Å². The van der Waals surface area contributed by atoms with Crippen LogP contribution in [0, 0.1) is 0 Å². The Hall–Kier alpha value is -3.81. The van der Waals surface area contributed by atoms with Crippen LogP contribution in [0.15, 0.2) is 95.9 Å². The first kappa shape index (κ1) is 21.1. The van der Waals surface area contributed by atoms with Crippen molar-refractivity contribution >= 4 is 32.6 Å². The molecule has 0 bridgehead atoms. The van der Waals surface area contributed by atoms with Crippen molar-refractivity contribution in [2.75, 3.05) is 0 Å². The summed E-state index contributed by atoms with van der Waals surface area (Å²) in [7, 11) is -3.98. The van der Waals surface area contributed by atoms with Crippen LogP contribution in [-0.4, -0.2) is 24.5 Å². The Labute approximate surface area is 191 Å². The number of carbonyl (C=O) groups is 2. The van der Waals surface area contributed by atoms with Crippen molar-refractivity contribution < 1.29 is 18.0 Å². The molecule has 0 unspecified atom stereocenters. The Bertz CT molecular complexity index is 1440. The first-order valence-electron chi connectivity index (χ1n) is 10.4. The van der Waals surface area contributed by atoms with Crippen LogP contribution < -0.4 is 5.32 Å². The van der Waals surface area contributed by atoms with Crippen molar-refractivity contribution in [2.24, 2.45) is 0 Å². The number of rotatable bonds is 6. The van der Waals surface area contributed by atoms with Gasteiger partial charge < -0.3 is 0 Å². The largest absolute Gasteiger partial charge is 0.288 e. The lowest BCUT2D eigenvalue weighted by Gasteiger charge is -2.24. The number of hydrogen-bond acceptors (Lipinski definition) is 4. The third-order valence-corrected chi connectivity index (χ3v) is 7.48. The number of hydrogen-bond donors (Lipinski definition) is 1. The molecule has 0 radical (unpaired) electrons. The average Bonchev–Trinajstić information content (AvgIpc) is 2.83. The van der Waals surface area contributed by atoms with Crippen LogP contribution >= 0.6 is 0 Å². The van der Waals surface area contributed by atoms with Crippen LogP contribution in [0.4, 0.5) is 0 Å². The molecule has 164 valence electrons. The van der Waals surface area contributed by atoms with Crippen LogP contribution in [0.5, 0.6) is 0 Å². The summed E-state index contributed by atoms with van der Waals surface area (Å²) in [6, 6.07) is 26.7. The van der Waals surface area contributed by atoms with E-state index in [1.165, 1.54) is 16.4 Å². The Morgan fingerprint density at radius 1 is 0.667 bits per heavy atom. The monoisotopic (exact) mass is 456 g/mol.